The van der Waals surface area contributed by atoms with E-state index in [1.54, 1.807) is 18.2 Å². The molecule has 0 heterocycles. The van der Waals surface area contributed by atoms with Crippen LogP contribution in [-0.2, 0) is 16.1 Å². The molecule has 0 saturated heterocycles. The van der Waals surface area contributed by atoms with Gasteiger partial charge in [0.1, 0.15) is 5.75 Å². The van der Waals surface area contributed by atoms with Gasteiger partial charge in [0.05, 0.1) is 6.54 Å². The maximum Gasteiger partial charge on any atom is 0.328 e. The molecule has 4 rings (SSSR count). The van der Waals surface area contributed by atoms with Crippen molar-refractivity contribution in [1.29, 1.82) is 0 Å². The second-order valence-electron chi connectivity index (χ2n) is 8.77. The number of benzene rings is 3. The molecule has 1 saturated carbocycles. The molecule has 2 N–H and O–H groups in total. The molecule has 0 spiro atoms. The fourth-order valence-electron chi connectivity index (χ4n) is 4.50. The maximum absolute atomic E-state index is 13.6. The number of hydrogen-bond donors (Lipinski definition) is 2. The number of carbonyl (C=O) groups is 2. The molecule has 0 aromatic heterocycles. The summed E-state index contributed by atoms with van der Waals surface area (Å²) in [6.07, 6.45) is 7.78. The first-order valence-electron chi connectivity index (χ1n) is 11.7. The lowest BCUT2D eigenvalue weighted by Gasteiger charge is -2.30. The molecule has 1 amide bonds. The van der Waals surface area contributed by atoms with Gasteiger partial charge in [0.2, 0.25) is 5.91 Å². The third-order valence-corrected chi connectivity index (χ3v) is 6.29. The fourth-order valence-corrected chi connectivity index (χ4v) is 4.50. The van der Waals surface area contributed by atoms with Crippen LogP contribution in [-0.4, -0.2) is 22.1 Å². The van der Waals surface area contributed by atoms with Crippen LogP contribution in [0.2, 0.25) is 0 Å². The predicted octanol–water partition coefficient (Wildman–Crippen LogP) is 6.27. The Labute approximate surface area is 200 Å². The second-order valence-corrected chi connectivity index (χ2v) is 8.77. The average molecular weight is 456 g/mol. The van der Waals surface area contributed by atoms with E-state index in [0.29, 0.717) is 6.54 Å². The highest BCUT2D eigenvalue weighted by Crippen LogP contribution is 2.30. The van der Waals surface area contributed by atoms with Crippen LogP contribution in [0.1, 0.15) is 43.2 Å². The SMILES string of the molecule is O=C(O)/C=C/c1cccc(N(Cc2ccc(-c3cccc(O)c3)cc2)C(=O)C2CCCCC2)c1. The van der Waals surface area contributed by atoms with E-state index in [0.717, 1.165) is 59.7 Å². The first kappa shape index (κ1) is 23.3. The van der Waals surface area contributed by atoms with Crippen LogP contribution < -0.4 is 4.90 Å². The highest BCUT2D eigenvalue weighted by molar-refractivity contribution is 5.95. The summed E-state index contributed by atoms with van der Waals surface area (Å²) in [5.41, 5.74) is 4.42. The van der Waals surface area contributed by atoms with E-state index in [1.165, 1.54) is 6.42 Å². The number of rotatable bonds is 7. The highest BCUT2D eigenvalue weighted by atomic mass is 16.4. The minimum atomic E-state index is -1.01. The van der Waals surface area contributed by atoms with Crippen molar-refractivity contribution < 1.29 is 19.8 Å². The Hall–Kier alpha value is -3.86. The van der Waals surface area contributed by atoms with Crippen LogP contribution in [0.25, 0.3) is 17.2 Å². The molecular weight excluding hydrogens is 426 g/mol. The van der Waals surface area contributed by atoms with Crippen molar-refractivity contribution >= 4 is 23.6 Å². The molecule has 1 fully saturated rings. The lowest BCUT2D eigenvalue weighted by molar-refractivity contribution is -0.131. The summed E-state index contributed by atoms with van der Waals surface area (Å²) < 4.78 is 0. The number of carboxylic acids is 1. The molecule has 0 unspecified atom stereocenters. The summed E-state index contributed by atoms with van der Waals surface area (Å²) >= 11 is 0. The lowest BCUT2D eigenvalue weighted by Crippen LogP contribution is -2.36. The first-order chi connectivity index (χ1) is 16.5. The zero-order valence-corrected chi connectivity index (χ0v) is 19.1. The molecule has 174 valence electrons. The predicted molar refractivity (Wildman–Crippen MR) is 134 cm³/mol. The zero-order chi connectivity index (χ0) is 23.9. The van der Waals surface area contributed by atoms with Crippen LogP contribution in [0.4, 0.5) is 5.69 Å². The van der Waals surface area contributed by atoms with Crippen molar-refractivity contribution in [2.24, 2.45) is 5.92 Å². The third kappa shape index (κ3) is 5.93. The molecule has 5 nitrogen and oxygen atoms in total. The van der Waals surface area contributed by atoms with Crippen LogP contribution in [0.5, 0.6) is 5.75 Å². The molecule has 0 bridgehead atoms. The lowest BCUT2D eigenvalue weighted by atomic mass is 9.88. The number of amides is 1. The largest absolute Gasteiger partial charge is 0.508 e. The zero-order valence-electron chi connectivity index (χ0n) is 19.1. The van der Waals surface area contributed by atoms with Gasteiger partial charge in [0.25, 0.3) is 0 Å². The number of phenols is 1. The molecule has 0 aliphatic heterocycles. The van der Waals surface area contributed by atoms with E-state index in [9.17, 15) is 14.7 Å². The van der Waals surface area contributed by atoms with Crippen LogP contribution in [0.15, 0.2) is 78.9 Å². The molecule has 3 aromatic carbocycles. The van der Waals surface area contributed by atoms with E-state index in [4.69, 9.17) is 5.11 Å². The smallest absolute Gasteiger partial charge is 0.328 e. The van der Waals surface area contributed by atoms with E-state index in [2.05, 4.69) is 0 Å². The van der Waals surface area contributed by atoms with Gasteiger partial charge in [0.15, 0.2) is 0 Å². The molecular formula is C29H29NO4. The Morgan fingerprint density at radius 2 is 1.62 bits per heavy atom. The Morgan fingerprint density at radius 3 is 2.32 bits per heavy atom. The van der Waals surface area contributed by atoms with Gasteiger partial charge >= 0.3 is 5.97 Å². The van der Waals surface area contributed by atoms with E-state index >= 15 is 0 Å². The summed E-state index contributed by atoms with van der Waals surface area (Å²) in [5, 5.41) is 18.7. The maximum atomic E-state index is 13.6. The molecule has 34 heavy (non-hydrogen) atoms. The van der Waals surface area contributed by atoms with Gasteiger partial charge in [-0.2, -0.15) is 0 Å². The van der Waals surface area contributed by atoms with Gasteiger partial charge in [0, 0.05) is 17.7 Å². The van der Waals surface area contributed by atoms with Crippen molar-refractivity contribution in [2.45, 2.75) is 38.6 Å². The van der Waals surface area contributed by atoms with Gasteiger partial charge in [-0.15, -0.1) is 0 Å². The van der Waals surface area contributed by atoms with Crippen LogP contribution in [0, 0.1) is 5.92 Å². The van der Waals surface area contributed by atoms with Gasteiger partial charge < -0.3 is 15.1 Å². The van der Waals surface area contributed by atoms with Crippen LogP contribution in [0.3, 0.4) is 0 Å². The van der Waals surface area contributed by atoms with Crippen molar-refractivity contribution in [3.8, 4) is 16.9 Å². The minimum Gasteiger partial charge on any atom is -0.508 e. The summed E-state index contributed by atoms with van der Waals surface area (Å²) in [4.78, 5) is 26.4. The number of aliphatic carboxylic acids is 1. The standard InChI is InChI=1S/C29H29NO4/c31-27-11-5-9-25(19-27)23-15-12-22(13-16-23)20-30(29(34)24-7-2-1-3-8-24)26-10-4-6-21(18-26)14-17-28(32)33/h4-6,9-19,24,31H,1-3,7-8,20H2,(H,32,33)/b17-14+. The molecule has 0 radical (unpaired) electrons. The first-order valence-corrected chi connectivity index (χ1v) is 11.7. The quantitative estimate of drug-likeness (QED) is 0.412. The second kappa shape index (κ2) is 10.8. The number of anilines is 1. The Balaban J connectivity index is 1.61. The van der Waals surface area contributed by atoms with E-state index < -0.39 is 5.97 Å². The monoisotopic (exact) mass is 455 g/mol. The van der Waals surface area contributed by atoms with Gasteiger partial charge in [-0.1, -0.05) is 67.8 Å². The van der Waals surface area contributed by atoms with Crippen molar-refractivity contribution in [2.75, 3.05) is 4.90 Å². The normalized spacial score (nSPS) is 14.2. The van der Waals surface area contributed by atoms with Gasteiger partial charge in [-0.25, -0.2) is 4.79 Å². The molecule has 5 heteroatoms. The minimum absolute atomic E-state index is 0.0125. The molecule has 1 aliphatic carbocycles. The number of carboxylic acid groups (broad SMARTS) is 1. The topological polar surface area (TPSA) is 77.8 Å². The number of nitrogens with zero attached hydrogens (tertiary/aromatic N) is 1. The van der Waals surface area contributed by atoms with Crippen molar-refractivity contribution in [3.05, 3.63) is 90.0 Å². The van der Waals surface area contributed by atoms with Gasteiger partial charge in [-0.05, 0) is 65.4 Å². The number of phenolic OH excluding ortho intramolecular Hbond substituents is 1. The van der Waals surface area contributed by atoms with Crippen LogP contribution >= 0.6 is 0 Å². The number of carbonyl (C=O) groups excluding carboxylic acids is 1. The molecule has 3 aromatic rings. The molecule has 0 atom stereocenters. The summed E-state index contributed by atoms with van der Waals surface area (Å²) in [6, 6.07) is 22.6. The third-order valence-electron chi connectivity index (χ3n) is 6.29. The number of hydrogen-bond acceptors (Lipinski definition) is 3. The summed E-state index contributed by atoms with van der Waals surface area (Å²) in [6.45, 7) is 0.432. The van der Waals surface area contributed by atoms with Crippen molar-refractivity contribution in [1.82, 2.24) is 0 Å². The molecule has 1 aliphatic rings. The fraction of sp³-hybridized carbons (Fsp3) is 0.241. The number of aromatic hydroxyl groups is 1. The summed E-state index contributed by atoms with van der Waals surface area (Å²) in [5.74, 6) is -0.648. The van der Waals surface area contributed by atoms with Crippen molar-refractivity contribution in [3.63, 3.8) is 0 Å². The highest BCUT2D eigenvalue weighted by Gasteiger charge is 2.27. The summed E-state index contributed by atoms with van der Waals surface area (Å²) in [7, 11) is 0. The Bertz CT molecular complexity index is 1180. The average Bonchev–Trinajstić information content (AvgIpc) is 2.87. The van der Waals surface area contributed by atoms with E-state index in [1.807, 2.05) is 65.6 Å². The Kier molecular flexibility index (Phi) is 7.43. The van der Waals surface area contributed by atoms with Gasteiger partial charge in [-0.3, -0.25) is 4.79 Å². The van der Waals surface area contributed by atoms with E-state index in [-0.39, 0.29) is 17.6 Å². The Morgan fingerprint density at radius 1 is 0.882 bits per heavy atom.